The number of rotatable bonds is 1. The molecule has 1 N–H and O–H groups in total. The maximum absolute atomic E-state index is 13.2. The number of piperidine rings is 1. The van der Waals surface area contributed by atoms with E-state index < -0.39 is 11.7 Å². The summed E-state index contributed by atoms with van der Waals surface area (Å²) in [7, 11) is 0. The zero-order valence-electron chi connectivity index (χ0n) is 12.9. The molecule has 0 aliphatic carbocycles. The van der Waals surface area contributed by atoms with Crippen LogP contribution in [0.1, 0.15) is 24.8 Å². The normalized spacial score (nSPS) is 20.8. The quantitative estimate of drug-likeness (QED) is 0.869. The second kappa shape index (κ2) is 5.12. The number of aromatic nitrogens is 2. The van der Waals surface area contributed by atoms with Crippen molar-refractivity contribution < 1.29 is 18.0 Å². The summed E-state index contributed by atoms with van der Waals surface area (Å²) in [6, 6.07) is 2.27. The monoisotopic (exact) mass is 338 g/mol. The van der Waals surface area contributed by atoms with E-state index in [1.165, 1.54) is 18.6 Å². The molecule has 4 heterocycles. The number of imidazole rings is 1. The van der Waals surface area contributed by atoms with Gasteiger partial charge in [-0.15, -0.1) is 0 Å². The highest BCUT2D eigenvalue weighted by molar-refractivity contribution is 5.85. The molecule has 2 aromatic heterocycles. The van der Waals surface area contributed by atoms with E-state index in [1.807, 2.05) is 4.90 Å². The Bertz CT molecular complexity index is 790. The van der Waals surface area contributed by atoms with Gasteiger partial charge in [-0.2, -0.15) is 13.2 Å². The van der Waals surface area contributed by atoms with Crippen LogP contribution in [-0.2, 0) is 11.0 Å². The summed E-state index contributed by atoms with van der Waals surface area (Å²) in [5.74, 6) is 0.560. The Balaban J connectivity index is 1.67. The number of carbonyl (C=O) groups excluding carboxylic acids is 1. The van der Waals surface area contributed by atoms with E-state index in [1.54, 1.807) is 4.40 Å². The van der Waals surface area contributed by atoms with Gasteiger partial charge >= 0.3 is 6.18 Å². The van der Waals surface area contributed by atoms with Crippen molar-refractivity contribution in [2.45, 2.75) is 25.4 Å². The van der Waals surface area contributed by atoms with Crippen molar-refractivity contribution in [3.05, 3.63) is 30.2 Å². The molecule has 2 fully saturated rings. The molecule has 0 unspecified atom stereocenters. The van der Waals surface area contributed by atoms with Crippen molar-refractivity contribution in [3.63, 3.8) is 0 Å². The van der Waals surface area contributed by atoms with Crippen molar-refractivity contribution >= 4 is 17.2 Å². The van der Waals surface area contributed by atoms with Gasteiger partial charge in [-0.25, -0.2) is 4.98 Å². The summed E-state index contributed by atoms with van der Waals surface area (Å²) in [5, 5.41) is 2.87. The number of carbonyl (C=O) groups is 1. The summed E-state index contributed by atoms with van der Waals surface area (Å²) in [6.45, 7) is 1.80. The molecule has 0 saturated carbocycles. The van der Waals surface area contributed by atoms with Crippen molar-refractivity contribution in [1.29, 1.82) is 0 Å². The number of pyridine rings is 1. The lowest BCUT2D eigenvalue weighted by Gasteiger charge is -2.38. The van der Waals surface area contributed by atoms with Crippen LogP contribution in [0.5, 0.6) is 0 Å². The third kappa shape index (κ3) is 2.32. The highest BCUT2D eigenvalue weighted by Crippen LogP contribution is 2.40. The van der Waals surface area contributed by atoms with Gasteiger partial charge in [0.25, 0.3) is 0 Å². The highest BCUT2D eigenvalue weighted by Gasteiger charge is 2.44. The molecule has 5 nitrogen and oxygen atoms in total. The van der Waals surface area contributed by atoms with E-state index in [2.05, 4.69) is 10.3 Å². The second-order valence-electron chi connectivity index (χ2n) is 6.56. The Kier molecular flexibility index (Phi) is 3.26. The Labute approximate surface area is 136 Å². The Morgan fingerprint density at radius 2 is 1.92 bits per heavy atom. The standard InChI is InChI=1S/C16H17F3N4O/c17-16(18,19)11-7-12-9-20-10-23(12)13(8-11)22-5-2-15(3-6-22)1-4-21-14(15)24/h7-10H,1-6H2,(H,21,24). The summed E-state index contributed by atoms with van der Waals surface area (Å²) >= 11 is 0. The average molecular weight is 338 g/mol. The fourth-order valence-electron chi connectivity index (χ4n) is 3.78. The molecular formula is C16H17F3N4O. The van der Waals surface area contributed by atoms with Crippen LogP contribution in [0.3, 0.4) is 0 Å². The predicted octanol–water partition coefficient (Wildman–Crippen LogP) is 2.46. The molecule has 0 aromatic carbocycles. The largest absolute Gasteiger partial charge is 0.416 e. The van der Waals surface area contributed by atoms with Crippen molar-refractivity contribution in [3.8, 4) is 0 Å². The van der Waals surface area contributed by atoms with Gasteiger partial charge in [0.2, 0.25) is 5.91 Å². The highest BCUT2D eigenvalue weighted by atomic mass is 19.4. The maximum atomic E-state index is 13.2. The van der Waals surface area contributed by atoms with Gasteiger partial charge in [-0.1, -0.05) is 0 Å². The van der Waals surface area contributed by atoms with Crippen LogP contribution in [0.4, 0.5) is 19.0 Å². The average Bonchev–Trinajstić information content (AvgIpc) is 3.14. The fraction of sp³-hybridized carbons (Fsp3) is 0.500. The lowest BCUT2D eigenvalue weighted by molar-refractivity contribution is -0.137. The number of nitrogens with one attached hydrogen (secondary N) is 1. The van der Waals surface area contributed by atoms with E-state index in [0.717, 1.165) is 12.5 Å². The van der Waals surface area contributed by atoms with Crippen LogP contribution in [0.15, 0.2) is 24.7 Å². The molecule has 0 atom stereocenters. The number of fused-ring (bicyclic) bond motifs is 1. The van der Waals surface area contributed by atoms with Crippen LogP contribution in [-0.4, -0.2) is 34.9 Å². The lowest BCUT2D eigenvalue weighted by atomic mass is 9.77. The van der Waals surface area contributed by atoms with Gasteiger partial charge in [0, 0.05) is 19.6 Å². The van der Waals surface area contributed by atoms with E-state index >= 15 is 0 Å². The van der Waals surface area contributed by atoms with Crippen LogP contribution in [0.25, 0.3) is 5.52 Å². The number of hydrogen-bond donors (Lipinski definition) is 1. The number of hydrogen-bond acceptors (Lipinski definition) is 3. The number of amides is 1. The molecule has 2 aliphatic rings. The third-order valence-electron chi connectivity index (χ3n) is 5.24. The molecule has 128 valence electrons. The van der Waals surface area contributed by atoms with E-state index in [0.29, 0.717) is 43.8 Å². The van der Waals surface area contributed by atoms with Crippen LogP contribution < -0.4 is 10.2 Å². The summed E-state index contributed by atoms with van der Waals surface area (Å²) in [6.07, 6.45) is 0.675. The van der Waals surface area contributed by atoms with Gasteiger partial charge in [0.15, 0.2) is 0 Å². The molecular weight excluding hydrogens is 321 g/mol. The van der Waals surface area contributed by atoms with Crippen LogP contribution in [0, 0.1) is 5.41 Å². The molecule has 2 aromatic rings. The number of halogens is 3. The fourth-order valence-corrected chi connectivity index (χ4v) is 3.78. The first-order valence-corrected chi connectivity index (χ1v) is 7.96. The Hall–Kier alpha value is -2.25. The third-order valence-corrected chi connectivity index (χ3v) is 5.24. The Morgan fingerprint density at radius 3 is 2.54 bits per heavy atom. The van der Waals surface area contributed by atoms with Crippen molar-refractivity contribution in [2.75, 3.05) is 24.5 Å². The molecule has 2 saturated heterocycles. The smallest absolute Gasteiger partial charge is 0.358 e. The molecule has 0 radical (unpaired) electrons. The van der Waals surface area contributed by atoms with Gasteiger partial charge in [-0.3, -0.25) is 9.20 Å². The van der Waals surface area contributed by atoms with E-state index in [-0.39, 0.29) is 11.3 Å². The van der Waals surface area contributed by atoms with E-state index in [4.69, 9.17) is 0 Å². The minimum Gasteiger partial charge on any atom is -0.358 e. The molecule has 1 amide bonds. The first-order chi connectivity index (χ1) is 11.4. The van der Waals surface area contributed by atoms with Crippen LogP contribution in [0.2, 0.25) is 0 Å². The number of anilines is 1. The zero-order chi connectivity index (χ0) is 16.9. The maximum Gasteiger partial charge on any atom is 0.416 e. The summed E-state index contributed by atoms with van der Waals surface area (Å²) in [4.78, 5) is 17.9. The molecule has 1 spiro atoms. The lowest BCUT2D eigenvalue weighted by Crippen LogP contribution is -2.44. The minimum absolute atomic E-state index is 0.0824. The topological polar surface area (TPSA) is 49.6 Å². The van der Waals surface area contributed by atoms with Crippen molar-refractivity contribution in [1.82, 2.24) is 14.7 Å². The number of alkyl halides is 3. The molecule has 4 rings (SSSR count). The van der Waals surface area contributed by atoms with E-state index in [9.17, 15) is 18.0 Å². The number of nitrogens with zero attached hydrogens (tertiary/aromatic N) is 3. The molecule has 2 aliphatic heterocycles. The van der Waals surface area contributed by atoms with Gasteiger partial charge in [0.1, 0.15) is 12.1 Å². The minimum atomic E-state index is -4.40. The molecule has 8 heteroatoms. The van der Waals surface area contributed by atoms with Crippen molar-refractivity contribution in [2.24, 2.45) is 5.41 Å². The zero-order valence-corrected chi connectivity index (χ0v) is 12.9. The molecule has 24 heavy (non-hydrogen) atoms. The molecule has 0 bridgehead atoms. The second-order valence-corrected chi connectivity index (χ2v) is 6.56. The van der Waals surface area contributed by atoms with Gasteiger partial charge in [0.05, 0.1) is 22.7 Å². The summed E-state index contributed by atoms with van der Waals surface area (Å²) < 4.78 is 41.1. The van der Waals surface area contributed by atoms with Gasteiger partial charge in [-0.05, 0) is 31.4 Å². The van der Waals surface area contributed by atoms with Gasteiger partial charge < -0.3 is 10.2 Å². The Morgan fingerprint density at radius 1 is 1.17 bits per heavy atom. The van der Waals surface area contributed by atoms with Crippen LogP contribution >= 0.6 is 0 Å². The SMILES string of the molecule is O=C1NCCC12CCN(c1cc(C(F)(F)F)cc3cncn13)CC2. The predicted molar refractivity (Wildman–Crippen MR) is 81.7 cm³/mol. The first-order valence-electron chi connectivity index (χ1n) is 7.96. The summed E-state index contributed by atoms with van der Waals surface area (Å²) in [5.41, 5.74) is -0.602. The first kappa shape index (κ1) is 15.3.